The van der Waals surface area contributed by atoms with E-state index in [0.29, 0.717) is 25.5 Å². The van der Waals surface area contributed by atoms with Gasteiger partial charge in [0.05, 0.1) is 35.8 Å². The van der Waals surface area contributed by atoms with Crippen LogP contribution in [-0.4, -0.2) is 43.0 Å². The number of aliphatic hydroxyl groups excluding tert-OH is 1. The smallest absolute Gasteiger partial charge is 0.269 e. The Labute approximate surface area is 181 Å². The van der Waals surface area contributed by atoms with Crippen molar-refractivity contribution in [1.82, 2.24) is 19.7 Å². The molecule has 31 heavy (non-hydrogen) atoms. The third-order valence-electron chi connectivity index (χ3n) is 5.35. The van der Waals surface area contributed by atoms with E-state index in [0.717, 1.165) is 44.8 Å². The van der Waals surface area contributed by atoms with Crippen molar-refractivity contribution in [3.8, 4) is 16.3 Å². The first-order valence-electron chi connectivity index (χ1n) is 9.94. The first-order valence-corrected chi connectivity index (χ1v) is 10.8. The van der Waals surface area contributed by atoms with Gasteiger partial charge in [0.2, 0.25) is 5.88 Å². The van der Waals surface area contributed by atoms with Crippen molar-refractivity contribution < 1.29 is 14.8 Å². The molecule has 0 saturated heterocycles. The minimum Gasteiger partial charge on any atom is -0.477 e. The summed E-state index contributed by atoms with van der Waals surface area (Å²) in [5.41, 5.74) is 4.36. The van der Waals surface area contributed by atoms with E-state index in [1.165, 1.54) is 24.0 Å². The second-order valence-corrected chi connectivity index (χ2v) is 8.27. The number of rotatable bonds is 7. The monoisotopic (exact) mass is 437 g/mol. The lowest BCUT2D eigenvalue weighted by Crippen LogP contribution is -2.06. The number of benzene rings is 1. The van der Waals surface area contributed by atoms with Crippen molar-refractivity contribution in [2.75, 3.05) is 13.2 Å². The molecule has 3 heterocycles. The van der Waals surface area contributed by atoms with Gasteiger partial charge in [-0.15, -0.1) is 11.3 Å². The molecule has 1 aromatic carbocycles. The number of nitrogens with zero attached hydrogens (tertiary/aromatic N) is 5. The molecule has 1 N–H and O–H groups in total. The highest BCUT2D eigenvalue weighted by atomic mass is 32.1. The second kappa shape index (κ2) is 8.05. The van der Waals surface area contributed by atoms with E-state index in [1.807, 2.05) is 6.20 Å². The zero-order valence-electron chi connectivity index (χ0n) is 16.5. The number of fused-ring (bicyclic) bond motifs is 5. The van der Waals surface area contributed by atoms with Gasteiger partial charge in [-0.3, -0.25) is 14.8 Å². The van der Waals surface area contributed by atoms with Gasteiger partial charge < -0.3 is 9.84 Å². The van der Waals surface area contributed by atoms with Crippen molar-refractivity contribution in [2.45, 2.75) is 25.8 Å². The molecular formula is C21H19N5O4S. The summed E-state index contributed by atoms with van der Waals surface area (Å²) in [6.45, 7) is 0.941. The number of hydrogen-bond donors (Lipinski definition) is 1. The molecule has 0 atom stereocenters. The van der Waals surface area contributed by atoms with Crippen molar-refractivity contribution in [2.24, 2.45) is 0 Å². The summed E-state index contributed by atoms with van der Waals surface area (Å²) in [6.07, 6.45) is 5.78. The fourth-order valence-corrected chi connectivity index (χ4v) is 5.09. The minimum atomic E-state index is -0.406. The average Bonchev–Trinajstić information content (AvgIpc) is 3.35. The Balaban J connectivity index is 1.39. The second-order valence-electron chi connectivity index (χ2n) is 7.27. The molecule has 0 saturated carbocycles. The molecule has 5 rings (SSSR count). The van der Waals surface area contributed by atoms with Crippen molar-refractivity contribution >= 4 is 27.2 Å². The Hall–Kier alpha value is -3.37. The summed E-state index contributed by atoms with van der Waals surface area (Å²) in [5, 5.41) is 25.5. The van der Waals surface area contributed by atoms with Crippen LogP contribution in [0.1, 0.15) is 16.8 Å². The molecule has 158 valence electrons. The molecule has 10 heteroatoms. The van der Waals surface area contributed by atoms with Gasteiger partial charge >= 0.3 is 0 Å². The van der Waals surface area contributed by atoms with Crippen LogP contribution in [0, 0.1) is 10.1 Å². The van der Waals surface area contributed by atoms with E-state index in [9.17, 15) is 15.2 Å². The molecule has 0 radical (unpaired) electrons. The van der Waals surface area contributed by atoms with Crippen LogP contribution < -0.4 is 4.74 Å². The SMILES string of the molecule is O=[N+]([O-])c1ccc(CCOc2ncnc3sc4c(c23)CCc2nn(CCO)cc2-4)cc1. The van der Waals surface area contributed by atoms with E-state index in [4.69, 9.17) is 4.74 Å². The molecule has 1 aliphatic carbocycles. The van der Waals surface area contributed by atoms with Crippen LogP contribution in [0.3, 0.4) is 0 Å². The number of aromatic nitrogens is 4. The summed E-state index contributed by atoms with van der Waals surface area (Å²) >= 11 is 1.61. The quantitative estimate of drug-likeness (QED) is 0.349. The van der Waals surface area contributed by atoms with Gasteiger partial charge in [0.1, 0.15) is 11.2 Å². The van der Waals surface area contributed by atoms with Crippen molar-refractivity contribution in [3.63, 3.8) is 0 Å². The predicted molar refractivity (Wildman–Crippen MR) is 115 cm³/mol. The lowest BCUT2D eigenvalue weighted by Gasteiger charge is -2.12. The molecule has 0 bridgehead atoms. The topological polar surface area (TPSA) is 116 Å². The van der Waals surface area contributed by atoms with E-state index >= 15 is 0 Å². The van der Waals surface area contributed by atoms with Crippen LogP contribution in [0.25, 0.3) is 20.7 Å². The van der Waals surface area contributed by atoms with Gasteiger partial charge in [-0.25, -0.2) is 9.97 Å². The molecule has 4 aromatic rings. The number of non-ortho nitro benzene ring substituents is 1. The van der Waals surface area contributed by atoms with E-state index in [1.54, 1.807) is 28.2 Å². The van der Waals surface area contributed by atoms with Gasteiger partial charge in [-0.1, -0.05) is 12.1 Å². The lowest BCUT2D eigenvalue weighted by atomic mass is 9.95. The highest BCUT2D eigenvalue weighted by Crippen LogP contribution is 2.45. The maximum Gasteiger partial charge on any atom is 0.269 e. The first kappa shape index (κ1) is 19.6. The van der Waals surface area contributed by atoms with Gasteiger partial charge in [0, 0.05) is 35.2 Å². The molecule has 1 aliphatic rings. The molecule has 0 aliphatic heterocycles. The third kappa shape index (κ3) is 3.64. The summed E-state index contributed by atoms with van der Waals surface area (Å²) in [4.78, 5) is 21.2. The van der Waals surface area contributed by atoms with Crippen LogP contribution in [0.2, 0.25) is 0 Å². The number of ether oxygens (including phenoxy) is 1. The van der Waals surface area contributed by atoms with Crippen LogP contribution in [0.15, 0.2) is 36.8 Å². The largest absolute Gasteiger partial charge is 0.477 e. The van der Waals surface area contributed by atoms with E-state index in [-0.39, 0.29) is 12.3 Å². The number of hydrogen-bond acceptors (Lipinski definition) is 8. The van der Waals surface area contributed by atoms with Gasteiger partial charge in [0.15, 0.2) is 0 Å². The van der Waals surface area contributed by atoms with Gasteiger partial charge in [-0.05, 0) is 24.0 Å². The maximum absolute atomic E-state index is 10.8. The Morgan fingerprint density at radius 2 is 2.06 bits per heavy atom. The van der Waals surface area contributed by atoms with E-state index < -0.39 is 4.92 Å². The van der Waals surface area contributed by atoms with E-state index in [2.05, 4.69) is 15.1 Å². The van der Waals surface area contributed by atoms with Crippen LogP contribution >= 0.6 is 11.3 Å². The summed E-state index contributed by atoms with van der Waals surface area (Å²) in [5.74, 6) is 0.565. The van der Waals surface area contributed by atoms with Crippen LogP contribution in [0.4, 0.5) is 5.69 Å². The normalized spacial score (nSPS) is 12.5. The molecular weight excluding hydrogens is 418 g/mol. The summed E-state index contributed by atoms with van der Waals surface area (Å²) in [7, 11) is 0. The standard InChI is InChI=1S/C21H19N5O4S/c27-9-8-25-11-16-17(24-25)6-5-15-18-20(22-12-23-21(18)31-19(15)16)30-10-7-13-1-3-14(4-2-13)26(28)29/h1-4,11-12,27H,5-10H2. The average molecular weight is 437 g/mol. The first-order chi connectivity index (χ1) is 15.1. The Bertz CT molecular complexity index is 1270. The highest BCUT2D eigenvalue weighted by Gasteiger charge is 2.26. The molecule has 0 fully saturated rings. The van der Waals surface area contributed by atoms with Crippen LogP contribution in [0.5, 0.6) is 5.88 Å². The molecule has 3 aromatic heterocycles. The zero-order chi connectivity index (χ0) is 21.4. The van der Waals surface area contributed by atoms with Gasteiger partial charge in [0.25, 0.3) is 5.69 Å². The van der Waals surface area contributed by atoms with Crippen molar-refractivity contribution in [3.05, 3.63) is 63.7 Å². The number of nitro benzene ring substituents is 1. The fourth-order valence-electron chi connectivity index (χ4n) is 3.87. The third-order valence-corrected chi connectivity index (χ3v) is 6.53. The Morgan fingerprint density at radius 3 is 2.84 bits per heavy atom. The summed E-state index contributed by atoms with van der Waals surface area (Å²) in [6, 6.07) is 6.49. The number of aryl methyl sites for hydroxylation is 2. The molecule has 0 amide bonds. The zero-order valence-corrected chi connectivity index (χ0v) is 17.3. The highest BCUT2D eigenvalue weighted by molar-refractivity contribution is 7.22. The summed E-state index contributed by atoms with van der Waals surface area (Å²) < 4.78 is 7.81. The van der Waals surface area contributed by atoms with Crippen LogP contribution in [-0.2, 0) is 25.8 Å². The van der Waals surface area contributed by atoms with Crippen molar-refractivity contribution in [1.29, 1.82) is 0 Å². The fraction of sp³-hybridized carbons (Fsp3) is 0.286. The van der Waals surface area contributed by atoms with Gasteiger partial charge in [-0.2, -0.15) is 5.10 Å². The number of nitro groups is 1. The molecule has 9 nitrogen and oxygen atoms in total. The number of aliphatic hydroxyl groups is 1. The Morgan fingerprint density at radius 1 is 1.23 bits per heavy atom. The molecule has 0 spiro atoms. The Kier molecular flexibility index (Phi) is 5.08. The predicted octanol–water partition coefficient (Wildman–Crippen LogP) is 3.18. The molecule has 0 unspecified atom stereocenters. The lowest BCUT2D eigenvalue weighted by molar-refractivity contribution is -0.384. The number of thiophene rings is 1. The minimum absolute atomic E-state index is 0.0536. The maximum atomic E-state index is 10.8.